The van der Waals surface area contributed by atoms with Crippen molar-refractivity contribution in [3.63, 3.8) is 0 Å². The quantitative estimate of drug-likeness (QED) is 0.443. The molecule has 0 radical (unpaired) electrons. The van der Waals surface area contributed by atoms with Crippen LogP contribution in [0.5, 0.6) is 0 Å². The molecule has 0 saturated heterocycles. The normalized spacial score (nSPS) is 9.92. The van der Waals surface area contributed by atoms with Crippen LogP contribution in [0.2, 0.25) is 0 Å². The minimum Gasteiger partial charge on any atom is -0.308 e. The molecule has 1 aromatic heterocycles. The van der Waals surface area contributed by atoms with Crippen LogP contribution in [-0.4, -0.2) is 15.2 Å². The first-order chi connectivity index (χ1) is 6.15. The Kier molecular flexibility index (Phi) is 3.07. The molecule has 1 rings (SSSR count). The van der Waals surface area contributed by atoms with Crippen molar-refractivity contribution in [3.8, 4) is 0 Å². The van der Waals surface area contributed by atoms with Gasteiger partial charge in [-0.15, -0.1) is 0 Å². The molecule has 70 valence electrons. The van der Waals surface area contributed by atoms with Crippen LogP contribution < -0.4 is 5.56 Å². The molecule has 0 fully saturated rings. The topological polar surface area (TPSA) is 65.1 Å². The number of hydrogen-bond acceptors (Lipinski definition) is 4. The Morgan fingerprint density at radius 1 is 1.54 bits per heavy atom. The Morgan fingerprint density at radius 3 is 2.77 bits per heavy atom. The van der Waals surface area contributed by atoms with E-state index >= 15 is 0 Å². The van der Waals surface area contributed by atoms with Crippen LogP contribution in [0, 0.1) is 10.1 Å². The second-order valence-corrected chi connectivity index (χ2v) is 2.85. The number of nitrogens with zero attached hydrogens (tertiary/aromatic N) is 2. The van der Waals surface area contributed by atoms with E-state index in [1.807, 2.05) is 0 Å². The smallest absolute Gasteiger partial charge is 0.285 e. The van der Waals surface area contributed by atoms with Gasteiger partial charge >= 0.3 is 0 Å². The van der Waals surface area contributed by atoms with Gasteiger partial charge in [0.05, 0.1) is 11.1 Å². The van der Waals surface area contributed by atoms with Crippen molar-refractivity contribution in [2.24, 2.45) is 0 Å². The van der Waals surface area contributed by atoms with Crippen LogP contribution in [-0.2, 0) is 6.54 Å². The summed E-state index contributed by atoms with van der Waals surface area (Å²) in [6, 6.07) is 2.37. The molecular formula is C7H8N2O3S. The zero-order valence-corrected chi connectivity index (χ0v) is 7.61. The SMILES string of the molecule is O=c1ccc([N+](=O)[O-])cn1CCS. The molecule has 0 unspecified atom stereocenters. The highest BCUT2D eigenvalue weighted by Gasteiger charge is 2.06. The number of aryl methyl sites for hydroxylation is 1. The second kappa shape index (κ2) is 4.08. The average Bonchev–Trinajstić information content (AvgIpc) is 2.08. The fraction of sp³-hybridized carbons (Fsp3) is 0.286. The van der Waals surface area contributed by atoms with E-state index in [0.717, 1.165) is 0 Å². The minimum atomic E-state index is -0.533. The molecule has 13 heavy (non-hydrogen) atoms. The average molecular weight is 200 g/mol. The fourth-order valence-corrected chi connectivity index (χ4v) is 1.12. The molecule has 1 heterocycles. The molecule has 5 nitrogen and oxygen atoms in total. The lowest BCUT2D eigenvalue weighted by Crippen LogP contribution is -2.19. The summed E-state index contributed by atoms with van der Waals surface area (Å²) in [6.07, 6.45) is 1.22. The summed E-state index contributed by atoms with van der Waals surface area (Å²) >= 11 is 3.94. The van der Waals surface area contributed by atoms with E-state index < -0.39 is 4.92 Å². The van der Waals surface area contributed by atoms with E-state index in [1.165, 1.54) is 22.9 Å². The molecule has 0 N–H and O–H groups in total. The van der Waals surface area contributed by atoms with E-state index in [9.17, 15) is 14.9 Å². The highest BCUT2D eigenvalue weighted by Crippen LogP contribution is 2.05. The van der Waals surface area contributed by atoms with Crippen molar-refractivity contribution >= 4 is 18.3 Å². The molecule has 0 amide bonds. The lowest BCUT2D eigenvalue weighted by atomic mass is 10.4. The standard InChI is InChI=1S/C7H8N2O3S/c10-7-2-1-6(9(11)12)5-8(7)3-4-13/h1-2,5,13H,3-4H2. The molecule has 0 saturated carbocycles. The zero-order valence-electron chi connectivity index (χ0n) is 6.71. The van der Waals surface area contributed by atoms with E-state index in [4.69, 9.17) is 0 Å². The van der Waals surface area contributed by atoms with Gasteiger partial charge in [0, 0.05) is 24.4 Å². The Bertz CT molecular complexity index is 374. The third kappa shape index (κ3) is 2.32. The van der Waals surface area contributed by atoms with Crippen LogP contribution in [0.15, 0.2) is 23.1 Å². The molecule has 0 bridgehead atoms. The molecule has 0 aromatic carbocycles. The summed E-state index contributed by atoms with van der Waals surface area (Å²) in [5.41, 5.74) is -0.332. The van der Waals surface area contributed by atoms with Gasteiger partial charge in [-0.2, -0.15) is 12.6 Å². The highest BCUT2D eigenvalue weighted by atomic mass is 32.1. The molecule has 6 heteroatoms. The summed E-state index contributed by atoms with van der Waals surface area (Å²) in [4.78, 5) is 20.9. The third-order valence-electron chi connectivity index (χ3n) is 1.52. The Hall–Kier alpha value is -1.30. The van der Waals surface area contributed by atoms with Gasteiger partial charge in [0.1, 0.15) is 0 Å². The van der Waals surface area contributed by atoms with E-state index in [1.54, 1.807) is 0 Å². The third-order valence-corrected chi connectivity index (χ3v) is 1.72. The number of nitro groups is 1. The van der Waals surface area contributed by atoms with Crippen molar-refractivity contribution < 1.29 is 4.92 Å². The summed E-state index contributed by atoms with van der Waals surface area (Å²) in [5, 5.41) is 10.3. The molecule has 1 aromatic rings. The summed E-state index contributed by atoms with van der Waals surface area (Å²) in [7, 11) is 0. The van der Waals surface area contributed by atoms with Crippen molar-refractivity contribution in [2.45, 2.75) is 6.54 Å². The summed E-state index contributed by atoms with van der Waals surface area (Å²) < 4.78 is 1.27. The number of aromatic nitrogens is 1. The molecule has 0 aliphatic rings. The Morgan fingerprint density at radius 2 is 2.23 bits per heavy atom. The molecule has 0 aliphatic carbocycles. The molecule has 0 spiro atoms. The maximum atomic E-state index is 11.1. The van der Waals surface area contributed by atoms with Crippen molar-refractivity contribution in [1.82, 2.24) is 4.57 Å². The minimum absolute atomic E-state index is 0.0821. The first-order valence-corrected chi connectivity index (χ1v) is 4.24. The maximum absolute atomic E-state index is 11.1. The maximum Gasteiger partial charge on any atom is 0.285 e. The van der Waals surface area contributed by atoms with Crippen molar-refractivity contribution in [2.75, 3.05) is 5.75 Å². The second-order valence-electron chi connectivity index (χ2n) is 2.40. The van der Waals surface area contributed by atoms with Crippen LogP contribution in [0.4, 0.5) is 5.69 Å². The van der Waals surface area contributed by atoms with Crippen LogP contribution in [0.25, 0.3) is 0 Å². The monoisotopic (exact) mass is 200 g/mol. The molecular weight excluding hydrogens is 192 g/mol. The van der Waals surface area contributed by atoms with Crippen LogP contribution >= 0.6 is 12.6 Å². The summed E-state index contributed by atoms with van der Waals surface area (Å²) in [6.45, 7) is 0.379. The van der Waals surface area contributed by atoms with Gasteiger partial charge < -0.3 is 4.57 Å². The van der Waals surface area contributed by atoms with Gasteiger partial charge in [-0.1, -0.05) is 0 Å². The predicted molar refractivity (Wildman–Crippen MR) is 51.2 cm³/mol. The first-order valence-electron chi connectivity index (χ1n) is 3.61. The Balaban J connectivity index is 3.11. The molecule has 0 atom stereocenters. The number of rotatable bonds is 3. The van der Waals surface area contributed by atoms with Gasteiger partial charge in [0.25, 0.3) is 11.2 Å². The van der Waals surface area contributed by atoms with E-state index in [0.29, 0.717) is 12.3 Å². The number of hydrogen-bond donors (Lipinski definition) is 1. The highest BCUT2D eigenvalue weighted by molar-refractivity contribution is 7.80. The van der Waals surface area contributed by atoms with Crippen LogP contribution in [0.3, 0.4) is 0 Å². The van der Waals surface area contributed by atoms with Gasteiger partial charge in [0.2, 0.25) is 0 Å². The largest absolute Gasteiger partial charge is 0.308 e. The lowest BCUT2D eigenvalue weighted by molar-refractivity contribution is -0.385. The number of thiol groups is 1. The van der Waals surface area contributed by atoms with Crippen molar-refractivity contribution in [3.05, 3.63) is 38.8 Å². The Labute approximate surface area is 79.6 Å². The fourth-order valence-electron chi connectivity index (χ4n) is 0.909. The van der Waals surface area contributed by atoms with Gasteiger partial charge in [-0.3, -0.25) is 14.9 Å². The van der Waals surface area contributed by atoms with Gasteiger partial charge in [-0.25, -0.2) is 0 Å². The summed E-state index contributed by atoms with van der Waals surface area (Å²) in [5.74, 6) is 0.473. The molecule has 0 aliphatic heterocycles. The van der Waals surface area contributed by atoms with Crippen molar-refractivity contribution in [1.29, 1.82) is 0 Å². The lowest BCUT2D eigenvalue weighted by Gasteiger charge is -2.00. The van der Waals surface area contributed by atoms with Gasteiger partial charge in [0.15, 0.2) is 0 Å². The first kappa shape index (κ1) is 9.79. The van der Waals surface area contributed by atoms with Gasteiger partial charge in [-0.05, 0) is 0 Å². The van der Waals surface area contributed by atoms with Crippen LogP contribution in [0.1, 0.15) is 0 Å². The zero-order chi connectivity index (χ0) is 9.84. The number of pyridine rings is 1. The predicted octanol–water partition coefficient (Wildman–Crippen LogP) is 0.686. The van der Waals surface area contributed by atoms with E-state index in [-0.39, 0.29) is 11.2 Å². The van der Waals surface area contributed by atoms with E-state index in [2.05, 4.69) is 12.6 Å².